The van der Waals surface area contributed by atoms with Gasteiger partial charge >= 0.3 is 0 Å². The van der Waals surface area contributed by atoms with Gasteiger partial charge in [-0.3, -0.25) is 4.79 Å². The topological polar surface area (TPSA) is 66.5 Å². The summed E-state index contributed by atoms with van der Waals surface area (Å²) in [6.45, 7) is 8.92. The Balaban J connectivity index is 2.61. The van der Waals surface area contributed by atoms with Gasteiger partial charge < -0.3 is 5.32 Å². The van der Waals surface area contributed by atoms with Crippen LogP contribution < -0.4 is 5.32 Å². The molecule has 5 nitrogen and oxygen atoms in total. The lowest BCUT2D eigenvalue weighted by Crippen LogP contribution is -2.39. The van der Waals surface area contributed by atoms with Crippen molar-refractivity contribution in [3.8, 4) is 0 Å². The molecule has 0 bridgehead atoms. The standard InChI is InChI=1S/C16H26N2O3S/c1-12(2)11-18(22(5,20)21)9-8-17-16(19)15-7-6-13(3)14(4)10-15/h6-7,10,12H,8-9,11H2,1-5H3,(H,17,19). The number of hydrogen-bond donors (Lipinski definition) is 1. The zero-order valence-corrected chi connectivity index (χ0v) is 14.8. The number of rotatable bonds is 7. The number of benzene rings is 1. The van der Waals surface area contributed by atoms with Gasteiger partial charge in [0.15, 0.2) is 0 Å². The second-order valence-corrected chi connectivity index (χ2v) is 8.05. The van der Waals surface area contributed by atoms with Crippen molar-refractivity contribution >= 4 is 15.9 Å². The Hall–Kier alpha value is -1.40. The van der Waals surface area contributed by atoms with Crippen molar-refractivity contribution in [1.29, 1.82) is 0 Å². The number of carbonyl (C=O) groups is 1. The molecule has 0 atom stereocenters. The fourth-order valence-electron chi connectivity index (χ4n) is 2.08. The molecule has 1 aromatic carbocycles. The van der Waals surface area contributed by atoms with Crippen LogP contribution in [0.2, 0.25) is 0 Å². The summed E-state index contributed by atoms with van der Waals surface area (Å²) in [6, 6.07) is 5.53. The fraction of sp³-hybridized carbons (Fsp3) is 0.562. The molecule has 0 spiro atoms. The normalized spacial score (nSPS) is 12.0. The third-order valence-electron chi connectivity index (χ3n) is 3.45. The maximum Gasteiger partial charge on any atom is 0.251 e. The molecule has 0 heterocycles. The van der Waals surface area contributed by atoms with Crippen LogP contribution in [-0.2, 0) is 10.0 Å². The molecule has 0 saturated heterocycles. The minimum atomic E-state index is -3.25. The first-order chi connectivity index (χ1) is 10.1. The average Bonchev–Trinajstić information content (AvgIpc) is 2.39. The van der Waals surface area contributed by atoms with Crippen LogP contribution in [0.3, 0.4) is 0 Å². The summed E-state index contributed by atoms with van der Waals surface area (Å²) < 4.78 is 24.8. The number of hydrogen-bond acceptors (Lipinski definition) is 3. The summed E-state index contributed by atoms with van der Waals surface area (Å²) in [5, 5.41) is 2.78. The minimum Gasteiger partial charge on any atom is -0.351 e. The van der Waals surface area contributed by atoms with E-state index in [4.69, 9.17) is 0 Å². The third-order valence-corrected chi connectivity index (χ3v) is 4.72. The highest BCUT2D eigenvalue weighted by atomic mass is 32.2. The molecule has 0 aromatic heterocycles. The Labute approximate surface area is 133 Å². The van der Waals surface area contributed by atoms with E-state index in [-0.39, 0.29) is 18.4 Å². The largest absolute Gasteiger partial charge is 0.351 e. The fourth-order valence-corrected chi connectivity index (χ4v) is 3.07. The Bertz CT molecular complexity index is 624. The first kappa shape index (κ1) is 18.6. The number of sulfonamides is 1. The first-order valence-corrected chi connectivity index (χ1v) is 9.26. The zero-order valence-electron chi connectivity index (χ0n) is 14.0. The smallest absolute Gasteiger partial charge is 0.251 e. The highest BCUT2D eigenvalue weighted by Crippen LogP contribution is 2.09. The number of nitrogens with zero attached hydrogens (tertiary/aromatic N) is 1. The van der Waals surface area contributed by atoms with Gasteiger partial charge in [0, 0.05) is 25.2 Å². The second-order valence-electron chi connectivity index (χ2n) is 6.07. The minimum absolute atomic E-state index is 0.180. The van der Waals surface area contributed by atoms with Gasteiger partial charge in [0.05, 0.1) is 6.26 Å². The molecule has 0 radical (unpaired) electrons. The predicted octanol–water partition coefficient (Wildman–Crippen LogP) is 1.95. The summed E-state index contributed by atoms with van der Waals surface area (Å²) in [4.78, 5) is 12.1. The van der Waals surface area contributed by atoms with E-state index >= 15 is 0 Å². The predicted molar refractivity (Wildman–Crippen MR) is 89.5 cm³/mol. The van der Waals surface area contributed by atoms with E-state index in [1.54, 1.807) is 6.07 Å². The Morgan fingerprint density at radius 2 is 1.86 bits per heavy atom. The van der Waals surface area contributed by atoms with E-state index < -0.39 is 10.0 Å². The SMILES string of the molecule is Cc1ccc(C(=O)NCCN(CC(C)C)S(C)(=O)=O)cc1C. The monoisotopic (exact) mass is 326 g/mol. The third kappa shape index (κ3) is 5.77. The zero-order chi connectivity index (χ0) is 16.9. The molecule has 0 saturated carbocycles. The van der Waals surface area contributed by atoms with Crippen molar-refractivity contribution in [2.75, 3.05) is 25.9 Å². The molecule has 22 heavy (non-hydrogen) atoms. The summed E-state index contributed by atoms with van der Waals surface area (Å²) in [6.07, 6.45) is 1.19. The molecule has 0 unspecified atom stereocenters. The van der Waals surface area contributed by atoms with Crippen LogP contribution >= 0.6 is 0 Å². The molecule has 0 aliphatic carbocycles. The molecule has 6 heteroatoms. The molecule has 1 aromatic rings. The van der Waals surface area contributed by atoms with Gasteiger partial charge in [0.25, 0.3) is 5.91 Å². The number of nitrogens with one attached hydrogen (secondary N) is 1. The van der Waals surface area contributed by atoms with Crippen LogP contribution in [0.1, 0.15) is 35.3 Å². The maximum absolute atomic E-state index is 12.1. The van der Waals surface area contributed by atoms with Crippen LogP contribution in [0.4, 0.5) is 0 Å². The van der Waals surface area contributed by atoms with Gasteiger partial charge in [-0.15, -0.1) is 0 Å². The van der Waals surface area contributed by atoms with E-state index in [9.17, 15) is 13.2 Å². The summed E-state index contributed by atoms with van der Waals surface area (Å²) in [7, 11) is -3.25. The number of carbonyl (C=O) groups excluding carboxylic acids is 1. The van der Waals surface area contributed by atoms with Crippen LogP contribution in [0.15, 0.2) is 18.2 Å². The molecule has 1 amide bonds. The van der Waals surface area contributed by atoms with Crippen LogP contribution in [-0.4, -0.2) is 44.5 Å². The van der Waals surface area contributed by atoms with Crippen LogP contribution in [0.5, 0.6) is 0 Å². The van der Waals surface area contributed by atoms with Crippen LogP contribution in [0.25, 0.3) is 0 Å². The summed E-state index contributed by atoms with van der Waals surface area (Å²) >= 11 is 0. The second kappa shape index (κ2) is 7.74. The molecule has 1 N–H and O–H groups in total. The quantitative estimate of drug-likeness (QED) is 0.833. The summed E-state index contributed by atoms with van der Waals surface area (Å²) in [5.41, 5.74) is 2.79. The van der Waals surface area contributed by atoms with Crippen LogP contribution in [0, 0.1) is 19.8 Å². The lowest BCUT2D eigenvalue weighted by atomic mass is 10.1. The van der Waals surface area contributed by atoms with Gasteiger partial charge in [-0.1, -0.05) is 19.9 Å². The van der Waals surface area contributed by atoms with Gasteiger partial charge in [-0.05, 0) is 43.0 Å². The molecule has 124 valence electrons. The molecular formula is C16H26N2O3S. The average molecular weight is 326 g/mol. The lowest BCUT2D eigenvalue weighted by molar-refractivity contribution is 0.0951. The number of amides is 1. The van der Waals surface area contributed by atoms with Crippen molar-refractivity contribution in [3.63, 3.8) is 0 Å². The van der Waals surface area contributed by atoms with Gasteiger partial charge in [-0.2, -0.15) is 0 Å². The van der Waals surface area contributed by atoms with E-state index in [2.05, 4.69) is 5.32 Å². The van der Waals surface area contributed by atoms with Crippen molar-refractivity contribution in [2.24, 2.45) is 5.92 Å². The molecule has 0 fully saturated rings. The highest BCUT2D eigenvalue weighted by molar-refractivity contribution is 7.88. The molecule has 1 rings (SSSR count). The lowest BCUT2D eigenvalue weighted by Gasteiger charge is -2.22. The number of aryl methyl sites for hydroxylation is 2. The van der Waals surface area contributed by atoms with E-state index in [0.717, 1.165) is 11.1 Å². The first-order valence-electron chi connectivity index (χ1n) is 7.42. The maximum atomic E-state index is 12.1. The van der Waals surface area contributed by atoms with Gasteiger partial charge in [0.1, 0.15) is 0 Å². The van der Waals surface area contributed by atoms with E-state index in [1.807, 2.05) is 39.8 Å². The van der Waals surface area contributed by atoms with Crippen molar-refractivity contribution in [2.45, 2.75) is 27.7 Å². The molecular weight excluding hydrogens is 300 g/mol. The summed E-state index contributed by atoms with van der Waals surface area (Å²) in [5.74, 6) is 0.0614. The molecule has 0 aliphatic rings. The van der Waals surface area contributed by atoms with E-state index in [0.29, 0.717) is 18.7 Å². The van der Waals surface area contributed by atoms with Crippen molar-refractivity contribution in [1.82, 2.24) is 9.62 Å². The van der Waals surface area contributed by atoms with Gasteiger partial charge in [0.2, 0.25) is 10.0 Å². The molecule has 0 aliphatic heterocycles. The highest BCUT2D eigenvalue weighted by Gasteiger charge is 2.17. The van der Waals surface area contributed by atoms with Crippen molar-refractivity contribution < 1.29 is 13.2 Å². The Morgan fingerprint density at radius 3 is 2.36 bits per heavy atom. The Morgan fingerprint density at radius 1 is 1.23 bits per heavy atom. The van der Waals surface area contributed by atoms with Gasteiger partial charge in [-0.25, -0.2) is 12.7 Å². The van der Waals surface area contributed by atoms with E-state index in [1.165, 1.54) is 10.6 Å². The van der Waals surface area contributed by atoms with Crippen molar-refractivity contribution in [3.05, 3.63) is 34.9 Å². The Kier molecular flexibility index (Phi) is 6.56.